The highest BCUT2D eigenvalue weighted by Gasteiger charge is 2.36. The molecule has 0 bridgehead atoms. The van der Waals surface area contributed by atoms with Crippen molar-refractivity contribution in [2.45, 2.75) is 12.3 Å². The van der Waals surface area contributed by atoms with Gasteiger partial charge in [-0.05, 0) is 36.4 Å². The van der Waals surface area contributed by atoms with E-state index in [0.29, 0.717) is 34.5 Å². The molecule has 1 atom stereocenters. The number of nitrogens with zero attached hydrogens (tertiary/aromatic N) is 3. The van der Waals surface area contributed by atoms with E-state index >= 15 is 0 Å². The predicted molar refractivity (Wildman–Crippen MR) is 104 cm³/mol. The van der Waals surface area contributed by atoms with Gasteiger partial charge in [0.15, 0.2) is 11.6 Å². The molecule has 0 radical (unpaired) electrons. The number of halogens is 2. The van der Waals surface area contributed by atoms with Crippen molar-refractivity contribution in [2.75, 3.05) is 25.7 Å². The Morgan fingerprint density at radius 3 is 2.66 bits per heavy atom. The minimum Gasteiger partial charge on any atom is -0.495 e. The third-order valence-electron chi connectivity index (χ3n) is 4.76. The van der Waals surface area contributed by atoms with E-state index in [2.05, 4.69) is 10.1 Å². The van der Waals surface area contributed by atoms with Crippen LogP contribution in [0.15, 0.2) is 40.9 Å². The molecule has 1 fully saturated rings. The number of methoxy groups -OCH3 is 2. The number of rotatable bonds is 5. The van der Waals surface area contributed by atoms with Crippen molar-refractivity contribution in [3.63, 3.8) is 0 Å². The second kappa shape index (κ2) is 7.71. The molecule has 1 aliphatic heterocycles. The van der Waals surface area contributed by atoms with Gasteiger partial charge >= 0.3 is 0 Å². The topological polar surface area (TPSA) is 77.7 Å². The largest absolute Gasteiger partial charge is 0.495 e. The number of carbonyl (C=O) groups excluding carboxylic acids is 1. The molecule has 7 nitrogen and oxygen atoms in total. The first-order valence-corrected chi connectivity index (χ1v) is 9.19. The van der Waals surface area contributed by atoms with Crippen molar-refractivity contribution in [1.82, 2.24) is 10.1 Å². The Morgan fingerprint density at radius 2 is 1.93 bits per heavy atom. The number of hydrogen-bond acceptors (Lipinski definition) is 6. The second-order valence-electron chi connectivity index (χ2n) is 6.53. The van der Waals surface area contributed by atoms with E-state index in [4.69, 9.17) is 25.6 Å². The fraction of sp³-hybridized carbons (Fsp3) is 0.250. The van der Waals surface area contributed by atoms with Gasteiger partial charge in [0.05, 0.1) is 25.8 Å². The van der Waals surface area contributed by atoms with Crippen LogP contribution in [0.4, 0.5) is 10.1 Å². The summed E-state index contributed by atoms with van der Waals surface area (Å²) in [5, 5.41) is 4.43. The number of carbonyl (C=O) groups is 1. The summed E-state index contributed by atoms with van der Waals surface area (Å²) in [5.41, 5.74) is 1.04. The molecular formula is C20H17ClFN3O4. The van der Waals surface area contributed by atoms with Gasteiger partial charge in [0.1, 0.15) is 5.75 Å². The summed E-state index contributed by atoms with van der Waals surface area (Å²) >= 11 is 6.08. The third kappa shape index (κ3) is 3.63. The van der Waals surface area contributed by atoms with Gasteiger partial charge < -0.3 is 18.9 Å². The standard InChI is InChI=1S/C20H17ClFN3O4/c1-27-16-5-3-11(7-14(16)22)19-23-20(29-24-19)12-8-18(26)25(10-12)15-9-13(21)4-6-17(15)28-2/h3-7,9,12H,8,10H2,1-2H3. The van der Waals surface area contributed by atoms with Gasteiger partial charge in [-0.2, -0.15) is 4.98 Å². The molecule has 1 amide bonds. The highest BCUT2D eigenvalue weighted by Crippen LogP contribution is 2.38. The quantitative estimate of drug-likeness (QED) is 0.622. The van der Waals surface area contributed by atoms with Crippen molar-refractivity contribution < 1.29 is 23.2 Å². The van der Waals surface area contributed by atoms with Gasteiger partial charge in [-0.15, -0.1) is 0 Å². The smallest absolute Gasteiger partial charge is 0.232 e. The lowest BCUT2D eigenvalue weighted by molar-refractivity contribution is -0.117. The fourth-order valence-corrected chi connectivity index (χ4v) is 3.47. The van der Waals surface area contributed by atoms with Crippen LogP contribution in [0.5, 0.6) is 11.5 Å². The van der Waals surface area contributed by atoms with Crippen molar-refractivity contribution in [2.24, 2.45) is 0 Å². The van der Waals surface area contributed by atoms with Crippen LogP contribution in [0.3, 0.4) is 0 Å². The van der Waals surface area contributed by atoms with Crippen molar-refractivity contribution in [3.05, 3.63) is 53.1 Å². The molecule has 3 aromatic rings. The summed E-state index contributed by atoms with van der Waals surface area (Å²) in [4.78, 5) is 18.6. The Bertz CT molecular complexity index is 1070. The molecule has 150 valence electrons. The molecule has 0 spiro atoms. The average Bonchev–Trinajstić information content (AvgIpc) is 3.35. The molecule has 0 aliphatic carbocycles. The van der Waals surface area contributed by atoms with E-state index in [1.54, 1.807) is 29.2 Å². The molecule has 1 aromatic heterocycles. The van der Waals surface area contributed by atoms with Gasteiger partial charge in [0.2, 0.25) is 17.6 Å². The Balaban J connectivity index is 1.58. The van der Waals surface area contributed by atoms with E-state index in [9.17, 15) is 9.18 Å². The molecule has 9 heteroatoms. The first kappa shape index (κ1) is 19.2. The minimum absolute atomic E-state index is 0.106. The fourth-order valence-electron chi connectivity index (χ4n) is 3.30. The second-order valence-corrected chi connectivity index (χ2v) is 6.96. The van der Waals surface area contributed by atoms with E-state index in [1.807, 2.05) is 0 Å². The molecule has 1 unspecified atom stereocenters. The molecule has 1 saturated heterocycles. The number of benzene rings is 2. The number of amides is 1. The summed E-state index contributed by atoms with van der Waals surface area (Å²) in [6, 6.07) is 9.49. The van der Waals surface area contributed by atoms with Crippen LogP contribution in [0.2, 0.25) is 5.02 Å². The van der Waals surface area contributed by atoms with Crippen LogP contribution in [0.25, 0.3) is 11.4 Å². The average molecular weight is 418 g/mol. The minimum atomic E-state index is -0.522. The molecule has 0 saturated carbocycles. The van der Waals surface area contributed by atoms with Crippen LogP contribution in [0.1, 0.15) is 18.2 Å². The summed E-state index contributed by atoms with van der Waals surface area (Å²) < 4.78 is 29.6. The third-order valence-corrected chi connectivity index (χ3v) is 4.99. The molecule has 29 heavy (non-hydrogen) atoms. The van der Waals surface area contributed by atoms with Gasteiger partial charge in [-0.25, -0.2) is 4.39 Å². The number of anilines is 1. The lowest BCUT2D eigenvalue weighted by atomic mass is 10.1. The lowest BCUT2D eigenvalue weighted by Crippen LogP contribution is -2.24. The summed E-state index contributed by atoms with van der Waals surface area (Å²) in [6.45, 7) is 0.341. The molecule has 0 N–H and O–H groups in total. The Hall–Kier alpha value is -3.13. The zero-order chi connectivity index (χ0) is 20.5. The highest BCUT2D eigenvalue weighted by atomic mass is 35.5. The first-order chi connectivity index (χ1) is 14.0. The maximum absolute atomic E-state index is 14.0. The van der Waals surface area contributed by atoms with Crippen molar-refractivity contribution in [3.8, 4) is 22.9 Å². The Labute approximate surface area is 171 Å². The van der Waals surface area contributed by atoms with Crippen molar-refractivity contribution >= 4 is 23.2 Å². The number of aromatic nitrogens is 2. The number of ether oxygens (including phenoxy) is 2. The molecular weight excluding hydrogens is 401 g/mol. The molecule has 2 aromatic carbocycles. The predicted octanol–water partition coefficient (Wildman–Crippen LogP) is 4.07. The van der Waals surface area contributed by atoms with Gasteiger partial charge in [0.25, 0.3) is 0 Å². The van der Waals surface area contributed by atoms with Gasteiger partial charge in [-0.3, -0.25) is 4.79 Å². The van der Waals surface area contributed by atoms with Crippen LogP contribution in [-0.4, -0.2) is 36.8 Å². The zero-order valence-electron chi connectivity index (χ0n) is 15.7. The van der Waals surface area contributed by atoms with E-state index in [0.717, 1.165) is 0 Å². The monoisotopic (exact) mass is 417 g/mol. The van der Waals surface area contributed by atoms with E-state index in [1.165, 1.54) is 26.4 Å². The van der Waals surface area contributed by atoms with Crippen LogP contribution < -0.4 is 14.4 Å². The van der Waals surface area contributed by atoms with Crippen LogP contribution in [-0.2, 0) is 4.79 Å². The molecule has 2 heterocycles. The lowest BCUT2D eigenvalue weighted by Gasteiger charge is -2.19. The zero-order valence-corrected chi connectivity index (χ0v) is 16.4. The Kier molecular flexibility index (Phi) is 5.10. The van der Waals surface area contributed by atoms with Gasteiger partial charge in [-0.1, -0.05) is 16.8 Å². The van der Waals surface area contributed by atoms with E-state index in [-0.39, 0.29) is 29.8 Å². The van der Waals surface area contributed by atoms with Gasteiger partial charge in [0, 0.05) is 23.6 Å². The summed E-state index contributed by atoms with van der Waals surface area (Å²) in [6.07, 6.45) is 0.203. The van der Waals surface area contributed by atoms with E-state index < -0.39 is 5.82 Å². The maximum atomic E-state index is 14.0. The van der Waals surface area contributed by atoms with Crippen LogP contribution in [0, 0.1) is 5.82 Å². The summed E-state index contributed by atoms with van der Waals surface area (Å²) in [5.74, 6) is 0.308. The molecule has 1 aliphatic rings. The maximum Gasteiger partial charge on any atom is 0.232 e. The first-order valence-electron chi connectivity index (χ1n) is 8.81. The SMILES string of the molecule is COc1ccc(-c2noc(C3CC(=O)N(c4cc(Cl)ccc4OC)C3)n2)cc1F. The van der Waals surface area contributed by atoms with Crippen molar-refractivity contribution in [1.29, 1.82) is 0 Å². The Morgan fingerprint density at radius 1 is 1.17 bits per heavy atom. The molecule has 4 rings (SSSR count). The highest BCUT2D eigenvalue weighted by molar-refractivity contribution is 6.31. The normalized spacial score (nSPS) is 16.3. The number of hydrogen-bond donors (Lipinski definition) is 0. The van der Waals surface area contributed by atoms with Crippen LogP contribution >= 0.6 is 11.6 Å². The summed E-state index contributed by atoms with van der Waals surface area (Å²) in [7, 11) is 2.92.